The number of carbonyl (C=O) groups is 2. The number of hydrogen-bond acceptors (Lipinski definition) is 9. The number of ketones is 1. The number of rotatable bonds is 6. The van der Waals surface area contributed by atoms with Crippen LogP contribution in [-0.4, -0.2) is 33.4 Å². The van der Waals surface area contributed by atoms with Gasteiger partial charge in [-0.05, 0) is 51.1 Å². The summed E-state index contributed by atoms with van der Waals surface area (Å²) in [6, 6.07) is 7.86. The van der Waals surface area contributed by atoms with E-state index in [9.17, 15) is 14.7 Å². The average Bonchev–Trinajstić information content (AvgIpc) is 3.55. The molecule has 1 N–H and O–H groups in total. The third-order valence-electron chi connectivity index (χ3n) is 5.24. The zero-order chi connectivity index (χ0) is 23.3. The number of aromatic nitrogens is 2. The summed E-state index contributed by atoms with van der Waals surface area (Å²) in [5.74, 6) is -0.719. The molecule has 3 aromatic heterocycles. The number of thiazole rings is 2. The maximum absolute atomic E-state index is 13.5. The summed E-state index contributed by atoms with van der Waals surface area (Å²) in [6.45, 7) is 5.96. The van der Waals surface area contributed by atoms with Crippen molar-refractivity contribution in [3.63, 3.8) is 0 Å². The van der Waals surface area contributed by atoms with E-state index in [1.165, 1.54) is 33.8 Å². The van der Waals surface area contributed by atoms with Crippen molar-refractivity contribution < 1.29 is 23.8 Å². The Morgan fingerprint density at radius 2 is 2.06 bits per heavy atom. The molecule has 1 aromatic carbocycles. The Bertz CT molecular complexity index is 1420. The van der Waals surface area contributed by atoms with E-state index in [4.69, 9.17) is 9.15 Å². The first-order valence-electron chi connectivity index (χ1n) is 10.2. The van der Waals surface area contributed by atoms with Gasteiger partial charge in [-0.2, -0.15) is 0 Å². The van der Waals surface area contributed by atoms with Gasteiger partial charge in [0.25, 0.3) is 5.91 Å². The van der Waals surface area contributed by atoms with Crippen molar-refractivity contribution in [1.82, 2.24) is 9.97 Å². The number of ether oxygens (including phenoxy) is 1. The van der Waals surface area contributed by atoms with Gasteiger partial charge in [-0.3, -0.25) is 14.5 Å². The van der Waals surface area contributed by atoms with Crippen LogP contribution in [0.1, 0.15) is 39.1 Å². The lowest BCUT2D eigenvalue weighted by Crippen LogP contribution is -2.30. The van der Waals surface area contributed by atoms with Crippen LogP contribution in [0.25, 0.3) is 10.2 Å². The van der Waals surface area contributed by atoms with Gasteiger partial charge < -0.3 is 14.3 Å². The molecule has 0 aliphatic carbocycles. The van der Waals surface area contributed by atoms with Gasteiger partial charge in [-0.25, -0.2) is 9.97 Å². The van der Waals surface area contributed by atoms with Gasteiger partial charge in [0.05, 0.1) is 44.2 Å². The second kappa shape index (κ2) is 8.13. The number of carbonyl (C=O) groups excluding carboxylic acids is 2. The Morgan fingerprint density at radius 3 is 2.73 bits per heavy atom. The highest BCUT2D eigenvalue weighted by molar-refractivity contribution is 7.22. The summed E-state index contributed by atoms with van der Waals surface area (Å²) < 4.78 is 12.0. The van der Waals surface area contributed by atoms with Crippen LogP contribution in [0.15, 0.2) is 52.3 Å². The highest BCUT2D eigenvalue weighted by Gasteiger charge is 2.47. The molecule has 4 heterocycles. The fraction of sp³-hybridized carbons (Fsp3) is 0.217. The Kier molecular flexibility index (Phi) is 5.26. The van der Waals surface area contributed by atoms with Crippen molar-refractivity contribution >= 4 is 49.7 Å². The molecule has 1 aliphatic heterocycles. The van der Waals surface area contributed by atoms with E-state index in [-0.39, 0.29) is 5.57 Å². The van der Waals surface area contributed by atoms with Crippen LogP contribution < -0.4 is 9.64 Å². The number of aryl methyl sites for hydroxylation is 2. The first-order valence-corrected chi connectivity index (χ1v) is 11.8. The zero-order valence-corrected chi connectivity index (χ0v) is 19.6. The summed E-state index contributed by atoms with van der Waals surface area (Å²) in [7, 11) is 0. The van der Waals surface area contributed by atoms with Crippen LogP contribution in [0.4, 0.5) is 5.13 Å². The number of amides is 1. The highest BCUT2D eigenvalue weighted by atomic mass is 32.1. The van der Waals surface area contributed by atoms with Gasteiger partial charge >= 0.3 is 0 Å². The van der Waals surface area contributed by atoms with Crippen LogP contribution in [0.3, 0.4) is 0 Å². The van der Waals surface area contributed by atoms with Crippen LogP contribution in [0.2, 0.25) is 0 Å². The molecule has 5 rings (SSSR count). The Balaban J connectivity index is 1.63. The number of furan rings is 1. The molecule has 1 atom stereocenters. The normalized spacial score (nSPS) is 16.3. The van der Waals surface area contributed by atoms with Crippen molar-refractivity contribution in [1.29, 1.82) is 0 Å². The molecule has 0 radical (unpaired) electrons. The molecule has 8 nitrogen and oxygen atoms in total. The van der Waals surface area contributed by atoms with Gasteiger partial charge in [-0.15, -0.1) is 11.3 Å². The third-order valence-corrected chi connectivity index (χ3v) is 7.33. The largest absolute Gasteiger partial charge is 0.503 e. The van der Waals surface area contributed by atoms with Crippen LogP contribution >= 0.6 is 22.7 Å². The molecule has 0 fully saturated rings. The van der Waals surface area contributed by atoms with Crippen molar-refractivity contribution in [2.75, 3.05) is 11.5 Å². The Morgan fingerprint density at radius 1 is 1.24 bits per heavy atom. The third kappa shape index (κ3) is 3.51. The van der Waals surface area contributed by atoms with Crippen LogP contribution in [-0.2, 0) is 4.79 Å². The van der Waals surface area contributed by atoms with Gasteiger partial charge in [0.15, 0.2) is 10.9 Å². The number of Topliss-reactive ketones (excluding diaryl/α,β-unsaturated/α-hetero) is 1. The molecular weight excluding hydrogens is 462 g/mol. The smallest absolute Gasteiger partial charge is 0.296 e. The fourth-order valence-electron chi connectivity index (χ4n) is 3.87. The average molecular weight is 482 g/mol. The van der Waals surface area contributed by atoms with Crippen molar-refractivity contribution in [2.45, 2.75) is 26.8 Å². The van der Waals surface area contributed by atoms with E-state index in [1.807, 2.05) is 25.1 Å². The number of benzene rings is 1. The minimum atomic E-state index is -0.950. The summed E-state index contributed by atoms with van der Waals surface area (Å²) >= 11 is 2.50. The molecule has 0 bridgehead atoms. The maximum Gasteiger partial charge on any atom is 0.296 e. The van der Waals surface area contributed by atoms with E-state index in [0.29, 0.717) is 39.3 Å². The lowest BCUT2D eigenvalue weighted by molar-refractivity contribution is -0.117. The SMILES string of the molecule is CCOc1ccc2nc(N3C(=O)C(O)=C(C(=O)c4sc(C)nc4C)C3c3ccco3)sc2c1. The lowest BCUT2D eigenvalue weighted by Gasteiger charge is -2.22. The monoisotopic (exact) mass is 481 g/mol. The standard InChI is InChI=1S/C23H19N3O5S2/c1-4-30-13-7-8-14-16(10-13)33-23(25-14)26-18(15-6-5-9-31-15)17(20(28)22(26)29)19(27)21-11(2)24-12(3)32-21/h5-10,18,28H,4H2,1-3H3. The van der Waals surface area contributed by atoms with Crippen molar-refractivity contribution in [3.05, 3.63) is 69.3 Å². The number of anilines is 1. The number of fused-ring (bicyclic) bond motifs is 1. The molecule has 168 valence electrons. The van der Waals surface area contributed by atoms with Gasteiger partial charge in [0.2, 0.25) is 5.78 Å². The molecule has 0 spiro atoms. The number of aliphatic hydroxyl groups excluding tert-OH is 1. The molecule has 1 amide bonds. The topological polar surface area (TPSA) is 106 Å². The Labute approximate surface area is 196 Å². The van der Waals surface area contributed by atoms with E-state index in [1.54, 1.807) is 26.0 Å². The highest BCUT2D eigenvalue weighted by Crippen LogP contribution is 2.45. The lowest BCUT2D eigenvalue weighted by atomic mass is 10.00. The second-order valence-electron chi connectivity index (χ2n) is 7.39. The maximum atomic E-state index is 13.5. The Hall–Kier alpha value is -3.50. The second-order valence-corrected chi connectivity index (χ2v) is 9.60. The first kappa shape index (κ1) is 21.4. The van der Waals surface area contributed by atoms with Gasteiger partial charge in [0.1, 0.15) is 17.6 Å². The van der Waals surface area contributed by atoms with Crippen LogP contribution in [0.5, 0.6) is 5.75 Å². The predicted molar refractivity (Wildman–Crippen MR) is 125 cm³/mol. The summed E-state index contributed by atoms with van der Waals surface area (Å²) in [4.78, 5) is 37.4. The number of nitrogens with zero attached hydrogens (tertiary/aromatic N) is 3. The van der Waals surface area contributed by atoms with Crippen molar-refractivity contribution in [2.24, 2.45) is 0 Å². The van der Waals surface area contributed by atoms with E-state index in [2.05, 4.69) is 9.97 Å². The van der Waals surface area contributed by atoms with Crippen molar-refractivity contribution in [3.8, 4) is 5.75 Å². The van der Waals surface area contributed by atoms with E-state index in [0.717, 1.165) is 9.71 Å². The summed E-state index contributed by atoms with van der Waals surface area (Å²) in [5.41, 5.74) is 1.18. The molecule has 4 aromatic rings. The molecule has 10 heteroatoms. The molecule has 33 heavy (non-hydrogen) atoms. The predicted octanol–water partition coefficient (Wildman–Crippen LogP) is 5.14. The van der Waals surface area contributed by atoms with Gasteiger partial charge in [0, 0.05) is 0 Å². The molecule has 1 unspecified atom stereocenters. The minimum Gasteiger partial charge on any atom is -0.503 e. The molecule has 1 aliphatic rings. The molecule has 0 saturated carbocycles. The quantitative estimate of drug-likeness (QED) is 0.380. The number of aliphatic hydroxyl groups is 1. The van der Waals surface area contributed by atoms with E-state index >= 15 is 0 Å². The first-order chi connectivity index (χ1) is 15.9. The van der Waals surface area contributed by atoms with E-state index < -0.39 is 23.5 Å². The summed E-state index contributed by atoms with van der Waals surface area (Å²) in [5, 5.41) is 11.9. The molecular formula is C23H19N3O5S2. The minimum absolute atomic E-state index is 0.0454. The fourth-order valence-corrected chi connectivity index (χ4v) is 5.76. The summed E-state index contributed by atoms with van der Waals surface area (Å²) in [6.07, 6.45) is 1.46. The van der Waals surface area contributed by atoms with Crippen LogP contribution in [0, 0.1) is 13.8 Å². The zero-order valence-electron chi connectivity index (χ0n) is 18.0. The molecule has 0 saturated heterocycles. The van der Waals surface area contributed by atoms with Gasteiger partial charge in [-0.1, -0.05) is 11.3 Å². The number of hydrogen-bond donors (Lipinski definition) is 1.